The minimum Gasteiger partial charge on any atom is -0.393 e. The fraction of sp³-hybridized carbons (Fsp3) is 0.778. The molecular weight excluding hydrogens is 426 g/mol. The van der Waals surface area contributed by atoms with Gasteiger partial charge in [-0.15, -0.1) is 0 Å². The summed E-state index contributed by atoms with van der Waals surface area (Å²) in [5.41, 5.74) is 0.629. The molecule has 0 aromatic carbocycles. The molecule has 4 nitrogen and oxygen atoms in total. The van der Waals surface area contributed by atoms with E-state index >= 15 is 0 Å². The summed E-state index contributed by atoms with van der Waals surface area (Å²) >= 11 is 0. The van der Waals surface area contributed by atoms with Crippen molar-refractivity contribution in [1.82, 2.24) is 0 Å². The van der Waals surface area contributed by atoms with Crippen LogP contribution >= 0.6 is 0 Å². The molecule has 3 fully saturated rings. The Labute approximate surface area is 197 Å². The number of fused-ring (bicyclic) bond motifs is 1. The third-order valence-electron chi connectivity index (χ3n) is 9.00. The zero-order chi connectivity index (χ0) is 24.6. The predicted molar refractivity (Wildman–Crippen MR) is 126 cm³/mol. The minimum atomic E-state index is -3.32. The number of allylic oxidation sites excluding steroid dienone is 3. The molecule has 0 aromatic heterocycles. The molecule has 0 amide bonds. The van der Waals surface area contributed by atoms with Gasteiger partial charge in [0, 0.05) is 12.8 Å². The lowest BCUT2D eigenvalue weighted by atomic mass is 9.60. The second kappa shape index (κ2) is 9.88. The molecular formula is C27H42F2O4. The zero-order valence-corrected chi connectivity index (χ0v) is 20.4. The van der Waals surface area contributed by atoms with E-state index in [1.54, 1.807) is 0 Å². The highest BCUT2D eigenvalue weighted by Gasteiger charge is 2.52. The topological polar surface area (TPSA) is 80.9 Å². The van der Waals surface area contributed by atoms with Crippen LogP contribution in [0.2, 0.25) is 0 Å². The van der Waals surface area contributed by atoms with E-state index in [0.29, 0.717) is 36.7 Å². The van der Waals surface area contributed by atoms with Crippen LogP contribution in [-0.4, -0.2) is 50.8 Å². The first-order valence-electron chi connectivity index (χ1n) is 12.5. The largest absolute Gasteiger partial charge is 0.393 e. The van der Waals surface area contributed by atoms with Gasteiger partial charge in [0.05, 0.1) is 18.8 Å². The molecule has 33 heavy (non-hydrogen) atoms. The number of aliphatic hydroxyl groups is 4. The molecule has 0 spiro atoms. The zero-order valence-electron chi connectivity index (χ0n) is 20.4. The Kier molecular flexibility index (Phi) is 7.94. The van der Waals surface area contributed by atoms with Crippen LogP contribution in [0.5, 0.6) is 0 Å². The molecule has 3 rings (SSSR count). The third kappa shape index (κ3) is 5.29. The lowest BCUT2D eigenvalue weighted by Gasteiger charge is -2.44. The van der Waals surface area contributed by atoms with Gasteiger partial charge in [0.15, 0.2) is 0 Å². The highest BCUT2D eigenvalue weighted by atomic mass is 19.3. The van der Waals surface area contributed by atoms with Crippen LogP contribution in [0.1, 0.15) is 78.6 Å². The molecule has 3 saturated carbocycles. The number of hydrogen-bond acceptors (Lipinski definition) is 4. The first-order chi connectivity index (χ1) is 15.3. The molecule has 0 radical (unpaired) electrons. The predicted octanol–water partition coefficient (Wildman–Crippen LogP) is 4.92. The fourth-order valence-corrected chi connectivity index (χ4v) is 6.67. The molecule has 0 saturated heterocycles. The summed E-state index contributed by atoms with van der Waals surface area (Å²) in [6.45, 7) is 8.40. The van der Waals surface area contributed by atoms with Crippen LogP contribution in [-0.2, 0) is 0 Å². The maximum Gasteiger partial charge on any atom is 0.278 e. The van der Waals surface area contributed by atoms with E-state index in [9.17, 15) is 24.1 Å². The summed E-state index contributed by atoms with van der Waals surface area (Å²) in [6, 6.07) is 0. The van der Waals surface area contributed by atoms with E-state index in [-0.39, 0.29) is 11.3 Å². The van der Waals surface area contributed by atoms with Gasteiger partial charge >= 0.3 is 0 Å². The van der Waals surface area contributed by atoms with Crippen LogP contribution in [0, 0.1) is 23.2 Å². The van der Waals surface area contributed by atoms with Gasteiger partial charge in [-0.2, -0.15) is 0 Å². The van der Waals surface area contributed by atoms with Crippen molar-refractivity contribution < 1.29 is 29.2 Å². The van der Waals surface area contributed by atoms with Gasteiger partial charge in [-0.05, 0) is 86.2 Å². The molecule has 6 heteroatoms. The maximum atomic E-state index is 14.4. The van der Waals surface area contributed by atoms with Crippen LogP contribution in [0.3, 0.4) is 0 Å². The van der Waals surface area contributed by atoms with Crippen molar-refractivity contribution in [2.24, 2.45) is 23.2 Å². The number of aliphatic hydroxyl groups excluding tert-OH is 3. The second-order valence-corrected chi connectivity index (χ2v) is 11.3. The van der Waals surface area contributed by atoms with Crippen LogP contribution < -0.4 is 0 Å². The summed E-state index contributed by atoms with van der Waals surface area (Å²) in [5, 5.41) is 39.1. The minimum absolute atomic E-state index is 0.0550. The Morgan fingerprint density at radius 3 is 2.61 bits per heavy atom. The Balaban J connectivity index is 1.72. The molecule has 0 aromatic rings. The molecule has 4 N–H and O–H groups in total. The molecule has 0 bridgehead atoms. The Morgan fingerprint density at radius 2 is 1.94 bits per heavy atom. The molecule has 0 aliphatic heterocycles. The van der Waals surface area contributed by atoms with Gasteiger partial charge in [0.1, 0.15) is 5.60 Å². The average molecular weight is 469 g/mol. The van der Waals surface area contributed by atoms with E-state index < -0.39 is 36.8 Å². The van der Waals surface area contributed by atoms with Crippen molar-refractivity contribution in [2.45, 2.75) is 102 Å². The highest BCUT2D eigenvalue weighted by Crippen LogP contribution is 2.60. The van der Waals surface area contributed by atoms with E-state index in [4.69, 9.17) is 5.11 Å². The van der Waals surface area contributed by atoms with Crippen molar-refractivity contribution in [1.29, 1.82) is 0 Å². The maximum absolute atomic E-state index is 14.4. The summed E-state index contributed by atoms with van der Waals surface area (Å²) in [7, 11) is 0. The number of rotatable bonds is 7. The fourth-order valence-electron chi connectivity index (χ4n) is 6.67. The summed E-state index contributed by atoms with van der Waals surface area (Å²) < 4.78 is 28.9. The third-order valence-corrected chi connectivity index (χ3v) is 9.00. The Hall–Kier alpha value is -1.08. The smallest absolute Gasteiger partial charge is 0.278 e. The highest BCUT2D eigenvalue weighted by molar-refractivity contribution is 5.38. The van der Waals surface area contributed by atoms with E-state index in [1.807, 2.05) is 6.08 Å². The lowest BCUT2D eigenvalue weighted by molar-refractivity contribution is -0.194. The quantitative estimate of drug-likeness (QED) is 0.427. The van der Waals surface area contributed by atoms with Gasteiger partial charge < -0.3 is 20.4 Å². The van der Waals surface area contributed by atoms with Crippen molar-refractivity contribution in [3.63, 3.8) is 0 Å². The molecule has 3 aliphatic rings. The Bertz CT molecular complexity index is 787. The average Bonchev–Trinajstić information content (AvgIpc) is 3.11. The first-order valence-corrected chi connectivity index (χ1v) is 12.5. The van der Waals surface area contributed by atoms with Gasteiger partial charge in [-0.1, -0.05) is 38.2 Å². The summed E-state index contributed by atoms with van der Waals surface area (Å²) in [5.74, 6) is -2.48. The van der Waals surface area contributed by atoms with E-state index in [0.717, 1.165) is 44.6 Å². The normalized spacial score (nSPS) is 38.4. The monoisotopic (exact) mass is 468 g/mol. The molecule has 3 aliphatic carbocycles. The number of alkyl halides is 2. The van der Waals surface area contributed by atoms with Gasteiger partial charge in [0.25, 0.3) is 5.92 Å². The van der Waals surface area contributed by atoms with Crippen LogP contribution in [0.15, 0.2) is 35.5 Å². The summed E-state index contributed by atoms with van der Waals surface area (Å²) in [4.78, 5) is 0. The van der Waals surface area contributed by atoms with Crippen molar-refractivity contribution >= 4 is 0 Å². The van der Waals surface area contributed by atoms with Crippen molar-refractivity contribution in [2.75, 3.05) is 6.61 Å². The standard InChI is InChI=1S/C27H42F2O4/c1-17(11-13-27(28,29)26(4,33)16-30)22-9-10-23-19(6-5-12-25(22,23)3)7-8-20-14-21(31)15-24(32)18(20)2/h7-8,17,21-24,30-33H,2,5-6,9-16H2,1,3-4H3/b19-7?,20-8-/t17-,21-,22-,23?,24-,25-,26+/m1/s1. The van der Waals surface area contributed by atoms with E-state index in [2.05, 4.69) is 26.5 Å². The van der Waals surface area contributed by atoms with Crippen LogP contribution in [0.4, 0.5) is 8.78 Å². The Morgan fingerprint density at radius 1 is 1.24 bits per heavy atom. The van der Waals surface area contributed by atoms with Crippen molar-refractivity contribution in [3.8, 4) is 0 Å². The number of hydrogen-bond donors (Lipinski definition) is 4. The SMILES string of the molecule is C=C1/C(=C\C=C2CCC[C@@]3(C)C2CC[C@@H]3[C@H](C)CCC(F)(F)[C@@](C)(O)CO)C[C@@H](O)C[C@H]1O. The molecule has 7 atom stereocenters. The lowest BCUT2D eigenvalue weighted by Crippen LogP contribution is -2.48. The van der Waals surface area contributed by atoms with E-state index in [1.165, 1.54) is 5.57 Å². The van der Waals surface area contributed by atoms with Gasteiger partial charge in [-0.25, -0.2) is 8.78 Å². The van der Waals surface area contributed by atoms with Gasteiger partial charge in [0.2, 0.25) is 0 Å². The van der Waals surface area contributed by atoms with Crippen molar-refractivity contribution in [3.05, 3.63) is 35.5 Å². The number of halogens is 2. The second-order valence-electron chi connectivity index (χ2n) is 11.3. The molecule has 1 unspecified atom stereocenters. The van der Waals surface area contributed by atoms with Gasteiger partial charge in [-0.3, -0.25) is 0 Å². The van der Waals surface area contributed by atoms with Crippen LogP contribution in [0.25, 0.3) is 0 Å². The molecule has 0 heterocycles. The first kappa shape index (κ1) is 26.5. The molecule has 188 valence electrons. The summed E-state index contributed by atoms with van der Waals surface area (Å²) in [6.07, 6.45) is 8.85.